The molecule has 9 heteroatoms. The van der Waals surface area contributed by atoms with Gasteiger partial charge in [0, 0.05) is 23.6 Å². The van der Waals surface area contributed by atoms with Crippen molar-refractivity contribution >= 4 is 39.3 Å². The number of aryl methyl sites for hydroxylation is 2. The van der Waals surface area contributed by atoms with E-state index in [1.165, 1.54) is 4.90 Å². The van der Waals surface area contributed by atoms with Crippen LogP contribution in [0.3, 0.4) is 0 Å². The number of nitrogens with zero attached hydrogens (tertiary/aromatic N) is 1. The molecule has 3 aliphatic rings. The van der Waals surface area contributed by atoms with Gasteiger partial charge in [0.25, 0.3) is 0 Å². The van der Waals surface area contributed by atoms with Gasteiger partial charge in [0.15, 0.2) is 0 Å². The number of alkyl halides is 1. The van der Waals surface area contributed by atoms with Crippen LogP contribution in [0.2, 0.25) is 0 Å². The summed E-state index contributed by atoms with van der Waals surface area (Å²) in [5.41, 5.74) is 1.47. The second-order valence-electron chi connectivity index (χ2n) is 9.02. The van der Waals surface area contributed by atoms with Crippen LogP contribution in [0.25, 0.3) is 0 Å². The van der Waals surface area contributed by atoms with E-state index < -0.39 is 29.6 Å². The van der Waals surface area contributed by atoms with E-state index in [2.05, 4.69) is 26.6 Å². The maximum atomic E-state index is 13.6. The molecule has 4 rings (SSSR count). The van der Waals surface area contributed by atoms with E-state index in [-0.39, 0.29) is 35.7 Å². The Morgan fingerprint density at radius 1 is 1.31 bits per heavy atom. The van der Waals surface area contributed by atoms with Gasteiger partial charge in [0.05, 0.1) is 24.5 Å². The highest BCUT2D eigenvalue weighted by Crippen LogP contribution is 2.60. The van der Waals surface area contributed by atoms with Gasteiger partial charge >= 0.3 is 0 Å². The Labute approximate surface area is 196 Å². The highest BCUT2D eigenvalue weighted by atomic mass is 79.9. The second-order valence-corrected chi connectivity index (χ2v) is 10.2. The van der Waals surface area contributed by atoms with Crippen LogP contribution in [0, 0.1) is 25.7 Å². The first-order valence-electron chi connectivity index (χ1n) is 11.1. The molecule has 3 aliphatic heterocycles. The minimum Gasteiger partial charge on any atom is -0.395 e. The van der Waals surface area contributed by atoms with E-state index in [0.717, 1.165) is 17.5 Å². The Bertz CT molecular complexity index is 940. The third-order valence-electron chi connectivity index (χ3n) is 6.88. The standard InChI is InChI=1S/C23H30BrN3O5/c1-4-7-25-20(29)16-17-22(31)27(8-9-28)19(23(17)11-14(24)18(16)32-23)21(30)26-15-10-12(2)5-6-13(15)3/h5-6,10,14,16-19,28H,4,7-9,11H2,1-3H3,(H,25,29)(H,26,30)/t14?,16-,17-,18-,19?,23?/m0/s1. The summed E-state index contributed by atoms with van der Waals surface area (Å²) in [4.78, 5) is 41.4. The first-order valence-corrected chi connectivity index (χ1v) is 12.1. The van der Waals surface area contributed by atoms with Gasteiger partial charge in [-0.1, -0.05) is 35.0 Å². The Morgan fingerprint density at radius 2 is 2.06 bits per heavy atom. The summed E-state index contributed by atoms with van der Waals surface area (Å²) in [6.07, 6.45) is 0.745. The van der Waals surface area contributed by atoms with Crippen LogP contribution in [0.1, 0.15) is 30.9 Å². The zero-order chi connectivity index (χ0) is 23.2. The molecule has 1 spiro atoms. The summed E-state index contributed by atoms with van der Waals surface area (Å²) in [5.74, 6) is -2.32. The molecule has 2 bridgehead atoms. The number of carbonyl (C=O) groups is 3. The lowest BCUT2D eigenvalue weighted by atomic mass is 9.70. The zero-order valence-electron chi connectivity index (χ0n) is 18.6. The number of hydrogen-bond donors (Lipinski definition) is 3. The number of hydrogen-bond acceptors (Lipinski definition) is 5. The summed E-state index contributed by atoms with van der Waals surface area (Å²) < 4.78 is 6.37. The number of aliphatic hydroxyl groups is 1. The van der Waals surface area contributed by atoms with Crippen LogP contribution in [0.4, 0.5) is 5.69 Å². The number of likely N-dealkylation sites (tertiary alicyclic amines) is 1. The zero-order valence-corrected chi connectivity index (χ0v) is 20.1. The largest absolute Gasteiger partial charge is 0.395 e. The summed E-state index contributed by atoms with van der Waals surface area (Å²) >= 11 is 3.63. The molecule has 3 saturated heterocycles. The fraction of sp³-hybridized carbons (Fsp3) is 0.609. The SMILES string of the molecule is CCCNC(=O)[C@H]1[C@H]2C(=O)N(CCO)C(C(=O)Nc3cc(C)ccc3C)C23CC(Br)[C@@H]1O3. The van der Waals surface area contributed by atoms with Gasteiger partial charge in [-0.2, -0.15) is 0 Å². The molecule has 3 fully saturated rings. The summed E-state index contributed by atoms with van der Waals surface area (Å²) in [6, 6.07) is 4.85. The Hall–Kier alpha value is -1.97. The molecule has 8 nitrogen and oxygen atoms in total. The summed E-state index contributed by atoms with van der Waals surface area (Å²) in [6.45, 7) is 6.05. The van der Waals surface area contributed by atoms with Gasteiger partial charge in [0.2, 0.25) is 17.7 Å². The highest BCUT2D eigenvalue weighted by molar-refractivity contribution is 9.09. The maximum Gasteiger partial charge on any atom is 0.250 e. The minimum atomic E-state index is -1.11. The lowest BCUT2D eigenvalue weighted by Crippen LogP contribution is -2.54. The number of rotatable bonds is 7. The van der Waals surface area contributed by atoms with Gasteiger partial charge in [0.1, 0.15) is 11.6 Å². The number of amides is 3. The van der Waals surface area contributed by atoms with Gasteiger partial charge in [-0.15, -0.1) is 0 Å². The molecule has 3 amide bonds. The predicted octanol–water partition coefficient (Wildman–Crippen LogP) is 1.51. The van der Waals surface area contributed by atoms with Crippen LogP contribution in [-0.2, 0) is 19.1 Å². The average molecular weight is 508 g/mol. The van der Waals surface area contributed by atoms with Crippen molar-refractivity contribution in [3.05, 3.63) is 29.3 Å². The smallest absolute Gasteiger partial charge is 0.250 e. The van der Waals surface area contributed by atoms with E-state index in [1.54, 1.807) is 0 Å². The van der Waals surface area contributed by atoms with Crippen molar-refractivity contribution in [1.82, 2.24) is 10.2 Å². The number of halogens is 1. The van der Waals surface area contributed by atoms with E-state index in [0.29, 0.717) is 18.7 Å². The number of fused-ring (bicyclic) bond motifs is 1. The fourth-order valence-electron chi connectivity index (χ4n) is 5.52. The molecule has 3 unspecified atom stereocenters. The molecule has 174 valence electrons. The molecule has 6 atom stereocenters. The molecular formula is C23H30BrN3O5. The number of β-amino-alcohol motifs (C(OH)–C–C–N with tert-alkyl or cyclic N) is 1. The molecule has 0 aromatic heterocycles. The van der Waals surface area contributed by atoms with Gasteiger partial charge in [-0.05, 0) is 43.9 Å². The molecule has 0 radical (unpaired) electrons. The summed E-state index contributed by atoms with van der Waals surface area (Å²) in [5, 5.41) is 15.5. The fourth-order valence-corrected chi connectivity index (χ4v) is 6.46. The van der Waals surface area contributed by atoms with Gasteiger partial charge in [-0.3, -0.25) is 14.4 Å². The van der Waals surface area contributed by atoms with Gasteiger partial charge in [-0.25, -0.2) is 0 Å². The molecule has 0 aliphatic carbocycles. The molecule has 3 N–H and O–H groups in total. The molecule has 32 heavy (non-hydrogen) atoms. The second kappa shape index (κ2) is 8.76. The van der Waals surface area contributed by atoms with E-state index in [4.69, 9.17) is 4.74 Å². The number of benzene rings is 1. The van der Waals surface area contributed by atoms with Crippen LogP contribution >= 0.6 is 15.9 Å². The highest BCUT2D eigenvalue weighted by Gasteiger charge is 2.76. The molecule has 1 aromatic carbocycles. The van der Waals surface area contributed by atoms with E-state index >= 15 is 0 Å². The Balaban J connectivity index is 1.70. The van der Waals surface area contributed by atoms with E-state index in [1.807, 2.05) is 39.0 Å². The first-order chi connectivity index (χ1) is 15.2. The van der Waals surface area contributed by atoms with Crippen molar-refractivity contribution < 1.29 is 24.2 Å². The topological polar surface area (TPSA) is 108 Å². The van der Waals surface area contributed by atoms with Crippen molar-refractivity contribution in [3.8, 4) is 0 Å². The normalized spacial score (nSPS) is 32.8. The molecule has 3 heterocycles. The van der Waals surface area contributed by atoms with E-state index in [9.17, 15) is 19.5 Å². The van der Waals surface area contributed by atoms with Crippen molar-refractivity contribution in [2.75, 3.05) is 25.0 Å². The molecule has 0 saturated carbocycles. The number of aliphatic hydroxyl groups excluding tert-OH is 1. The maximum absolute atomic E-state index is 13.6. The predicted molar refractivity (Wildman–Crippen MR) is 122 cm³/mol. The Morgan fingerprint density at radius 3 is 2.75 bits per heavy atom. The number of carbonyl (C=O) groups excluding carboxylic acids is 3. The number of anilines is 1. The number of ether oxygens (including phenoxy) is 1. The van der Waals surface area contributed by atoms with Crippen molar-refractivity contribution in [2.24, 2.45) is 11.8 Å². The Kier molecular flexibility index (Phi) is 6.35. The third-order valence-corrected chi connectivity index (χ3v) is 7.73. The van der Waals surface area contributed by atoms with Crippen LogP contribution < -0.4 is 10.6 Å². The van der Waals surface area contributed by atoms with Crippen molar-refractivity contribution in [2.45, 2.75) is 56.2 Å². The molecule has 1 aromatic rings. The van der Waals surface area contributed by atoms with Crippen molar-refractivity contribution in [3.63, 3.8) is 0 Å². The quantitative estimate of drug-likeness (QED) is 0.484. The van der Waals surface area contributed by atoms with Crippen molar-refractivity contribution in [1.29, 1.82) is 0 Å². The monoisotopic (exact) mass is 507 g/mol. The van der Waals surface area contributed by atoms with Crippen LogP contribution in [0.5, 0.6) is 0 Å². The van der Waals surface area contributed by atoms with Crippen LogP contribution in [-0.4, -0.2) is 70.0 Å². The minimum absolute atomic E-state index is 0.00620. The first kappa shape index (κ1) is 23.2. The lowest BCUT2D eigenvalue weighted by molar-refractivity contribution is -0.141. The summed E-state index contributed by atoms with van der Waals surface area (Å²) in [7, 11) is 0. The van der Waals surface area contributed by atoms with Crippen LogP contribution in [0.15, 0.2) is 18.2 Å². The lowest BCUT2D eigenvalue weighted by Gasteiger charge is -2.34. The molecular weight excluding hydrogens is 478 g/mol. The number of nitrogens with one attached hydrogen (secondary N) is 2. The van der Waals surface area contributed by atoms with Gasteiger partial charge < -0.3 is 25.4 Å². The average Bonchev–Trinajstić information content (AvgIpc) is 3.33. The third kappa shape index (κ3) is 3.54.